The van der Waals surface area contributed by atoms with E-state index in [9.17, 15) is 0 Å². The number of hydrogen-bond acceptors (Lipinski definition) is 5. The Hall–Kier alpha value is -1.88. The second-order valence-electron chi connectivity index (χ2n) is 4.28. The number of aromatic nitrogens is 2. The van der Waals surface area contributed by atoms with Crippen molar-refractivity contribution in [2.45, 2.75) is 0 Å². The number of nitrogens with two attached hydrogens (primary N) is 1. The third-order valence-corrected chi connectivity index (χ3v) is 3.08. The van der Waals surface area contributed by atoms with Crippen LogP contribution in [-0.4, -0.2) is 29.6 Å². The molecular weight excluding hydrogens is 216 g/mol. The molecule has 0 unspecified atom stereocenters. The standard InChI is InChI=1S/C12H14N4O/c13-4-9-5-16(6-9)12-3-11(14-8-15-12)10-1-2-17-7-10/h1-3,7-9H,4-6,13H2. The van der Waals surface area contributed by atoms with Crippen LogP contribution in [0.5, 0.6) is 0 Å². The van der Waals surface area contributed by atoms with E-state index >= 15 is 0 Å². The second-order valence-corrected chi connectivity index (χ2v) is 4.28. The van der Waals surface area contributed by atoms with E-state index in [0.29, 0.717) is 5.92 Å². The summed E-state index contributed by atoms with van der Waals surface area (Å²) in [5.74, 6) is 1.56. The predicted molar refractivity (Wildman–Crippen MR) is 64.5 cm³/mol. The molecule has 88 valence electrons. The van der Waals surface area contributed by atoms with Crippen LogP contribution in [0.1, 0.15) is 0 Å². The molecule has 0 amide bonds. The lowest BCUT2D eigenvalue weighted by atomic mass is 10.0. The summed E-state index contributed by atoms with van der Waals surface area (Å²) in [5.41, 5.74) is 7.47. The van der Waals surface area contributed by atoms with E-state index in [1.165, 1.54) is 0 Å². The van der Waals surface area contributed by atoms with Gasteiger partial charge in [0.2, 0.25) is 0 Å². The van der Waals surface area contributed by atoms with Crippen LogP contribution in [0.2, 0.25) is 0 Å². The van der Waals surface area contributed by atoms with E-state index in [0.717, 1.165) is 36.7 Å². The predicted octanol–water partition coefficient (Wildman–Crippen LogP) is 1.13. The van der Waals surface area contributed by atoms with Gasteiger partial charge in [-0.1, -0.05) is 0 Å². The van der Waals surface area contributed by atoms with Crippen molar-refractivity contribution in [1.82, 2.24) is 9.97 Å². The molecule has 0 atom stereocenters. The van der Waals surface area contributed by atoms with E-state index in [2.05, 4.69) is 14.9 Å². The highest BCUT2D eigenvalue weighted by molar-refractivity contribution is 5.61. The van der Waals surface area contributed by atoms with Gasteiger partial charge in [-0.15, -0.1) is 0 Å². The molecule has 0 saturated carbocycles. The topological polar surface area (TPSA) is 68.2 Å². The Kier molecular flexibility index (Phi) is 2.53. The third-order valence-electron chi connectivity index (χ3n) is 3.08. The summed E-state index contributed by atoms with van der Waals surface area (Å²) < 4.78 is 5.05. The fraction of sp³-hybridized carbons (Fsp3) is 0.333. The fourth-order valence-electron chi connectivity index (χ4n) is 1.99. The summed E-state index contributed by atoms with van der Waals surface area (Å²) in [6, 6.07) is 3.88. The molecule has 2 aromatic heterocycles. The summed E-state index contributed by atoms with van der Waals surface area (Å²) in [5, 5.41) is 0. The lowest BCUT2D eigenvalue weighted by molar-refractivity contribution is 0.417. The zero-order valence-electron chi connectivity index (χ0n) is 9.41. The Labute approximate surface area is 99.3 Å². The van der Waals surface area contributed by atoms with Crippen molar-refractivity contribution in [1.29, 1.82) is 0 Å². The summed E-state index contributed by atoms with van der Waals surface area (Å²) in [6.07, 6.45) is 4.92. The molecule has 1 saturated heterocycles. The number of rotatable bonds is 3. The highest BCUT2D eigenvalue weighted by Gasteiger charge is 2.26. The summed E-state index contributed by atoms with van der Waals surface area (Å²) >= 11 is 0. The number of nitrogens with zero attached hydrogens (tertiary/aromatic N) is 3. The van der Waals surface area contributed by atoms with Gasteiger partial charge in [0.1, 0.15) is 12.1 Å². The molecule has 1 aliphatic rings. The average molecular weight is 230 g/mol. The van der Waals surface area contributed by atoms with Crippen molar-refractivity contribution < 1.29 is 4.42 Å². The first-order valence-corrected chi connectivity index (χ1v) is 5.66. The molecule has 17 heavy (non-hydrogen) atoms. The summed E-state index contributed by atoms with van der Waals surface area (Å²) in [7, 11) is 0. The smallest absolute Gasteiger partial charge is 0.132 e. The van der Waals surface area contributed by atoms with Crippen molar-refractivity contribution in [2.75, 3.05) is 24.5 Å². The van der Waals surface area contributed by atoms with Crippen molar-refractivity contribution in [3.8, 4) is 11.3 Å². The molecule has 1 aliphatic heterocycles. The van der Waals surface area contributed by atoms with E-state index in [1.807, 2.05) is 12.1 Å². The quantitative estimate of drug-likeness (QED) is 0.856. The Morgan fingerprint density at radius 2 is 2.29 bits per heavy atom. The van der Waals surface area contributed by atoms with Crippen molar-refractivity contribution in [3.63, 3.8) is 0 Å². The van der Waals surface area contributed by atoms with Crippen molar-refractivity contribution in [2.24, 2.45) is 11.7 Å². The van der Waals surface area contributed by atoms with E-state index in [4.69, 9.17) is 10.2 Å². The number of anilines is 1. The van der Waals surface area contributed by atoms with Crippen molar-refractivity contribution >= 4 is 5.82 Å². The van der Waals surface area contributed by atoms with Crippen LogP contribution in [0.4, 0.5) is 5.82 Å². The van der Waals surface area contributed by atoms with Crippen LogP contribution in [0.15, 0.2) is 35.4 Å². The molecule has 0 aromatic carbocycles. The highest BCUT2D eigenvalue weighted by atomic mass is 16.3. The van der Waals surface area contributed by atoms with Crippen LogP contribution < -0.4 is 10.6 Å². The Balaban J connectivity index is 1.81. The minimum absolute atomic E-state index is 0.599. The maximum atomic E-state index is 5.61. The Morgan fingerprint density at radius 3 is 3.00 bits per heavy atom. The average Bonchev–Trinajstić information content (AvgIpc) is 2.81. The first-order chi connectivity index (χ1) is 8.36. The Bertz CT molecular complexity index is 491. The second kappa shape index (κ2) is 4.18. The van der Waals surface area contributed by atoms with Crippen LogP contribution in [0.3, 0.4) is 0 Å². The lowest BCUT2D eigenvalue weighted by Gasteiger charge is -2.39. The van der Waals surface area contributed by atoms with Gasteiger partial charge >= 0.3 is 0 Å². The molecule has 0 aliphatic carbocycles. The Morgan fingerprint density at radius 1 is 1.41 bits per heavy atom. The van der Waals surface area contributed by atoms with Crippen LogP contribution >= 0.6 is 0 Å². The molecule has 0 radical (unpaired) electrons. The zero-order chi connectivity index (χ0) is 11.7. The van der Waals surface area contributed by atoms with Gasteiger partial charge < -0.3 is 15.1 Å². The van der Waals surface area contributed by atoms with Gasteiger partial charge in [-0.2, -0.15) is 0 Å². The fourth-order valence-corrected chi connectivity index (χ4v) is 1.99. The molecule has 1 fully saturated rings. The minimum atomic E-state index is 0.599. The third kappa shape index (κ3) is 1.89. The molecule has 2 N–H and O–H groups in total. The van der Waals surface area contributed by atoms with Crippen molar-refractivity contribution in [3.05, 3.63) is 31.0 Å². The first-order valence-electron chi connectivity index (χ1n) is 5.66. The van der Waals surface area contributed by atoms with Gasteiger partial charge in [-0.05, 0) is 12.6 Å². The van der Waals surface area contributed by atoms with Gasteiger partial charge in [0.05, 0.1) is 18.2 Å². The molecule has 3 heterocycles. The summed E-state index contributed by atoms with van der Waals surface area (Å²) in [4.78, 5) is 10.7. The molecule has 3 rings (SSSR count). The molecular formula is C12H14N4O. The minimum Gasteiger partial charge on any atom is -0.472 e. The van der Waals surface area contributed by atoms with Gasteiger partial charge in [-0.25, -0.2) is 9.97 Å². The van der Waals surface area contributed by atoms with Crippen LogP contribution in [0.25, 0.3) is 11.3 Å². The molecule has 2 aromatic rings. The van der Waals surface area contributed by atoms with E-state index < -0.39 is 0 Å². The molecule has 5 nitrogen and oxygen atoms in total. The summed E-state index contributed by atoms with van der Waals surface area (Å²) in [6.45, 7) is 2.72. The van der Waals surface area contributed by atoms with Gasteiger partial charge in [0, 0.05) is 30.6 Å². The van der Waals surface area contributed by atoms with Crippen LogP contribution in [0, 0.1) is 5.92 Å². The SMILES string of the molecule is NCC1CN(c2cc(-c3ccoc3)ncn2)C1. The zero-order valence-corrected chi connectivity index (χ0v) is 9.41. The number of furan rings is 1. The first kappa shape index (κ1) is 10.3. The van der Waals surface area contributed by atoms with Crippen LogP contribution in [-0.2, 0) is 0 Å². The monoisotopic (exact) mass is 230 g/mol. The molecule has 0 bridgehead atoms. The van der Waals surface area contributed by atoms with Gasteiger partial charge in [0.25, 0.3) is 0 Å². The highest BCUT2D eigenvalue weighted by Crippen LogP contribution is 2.25. The lowest BCUT2D eigenvalue weighted by Crippen LogP contribution is -2.50. The molecule has 0 spiro atoms. The molecule has 5 heteroatoms. The van der Waals surface area contributed by atoms with Gasteiger partial charge in [-0.3, -0.25) is 0 Å². The van der Waals surface area contributed by atoms with E-state index in [-0.39, 0.29) is 0 Å². The largest absolute Gasteiger partial charge is 0.472 e. The maximum Gasteiger partial charge on any atom is 0.132 e. The number of hydrogen-bond donors (Lipinski definition) is 1. The van der Waals surface area contributed by atoms with E-state index in [1.54, 1.807) is 18.9 Å². The van der Waals surface area contributed by atoms with Gasteiger partial charge in [0.15, 0.2) is 0 Å². The maximum absolute atomic E-state index is 5.61. The normalized spacial score (nSPS) is 15.9.